The molecule has 1 aromatic carbocycles. The molecule has 0 aliphatic carbocycles. The molecule has 6 nitrogen and oxygen atoms in total. The van der Waals surface area contributed by atoms with Crippen molar-refractivity contribution in [3.63, 3.8) is 0 Å². The Morgan fingerprint density at radius 3 is 2.00 bits per heavy atom. The summed E-state index contributed by atoms with van der Waals surface area (Å²) in [6.45, 7) is 0.580. The van der Waals surface area contributed by atoms with Crippen molar-refractivity contribution in [3.05, 3.63) is 29.8 Å². The van der Waals surface area contributed by atoms with Crippen molar-refractivity contribution >= 4 is 11.7 Å². The lowest BCUT2D eigenvalue weighted by molar-refractivity contribution is 0.00933. The predicted molar refractivity (Wildman–Crippen MR) is 107 cm³/mol. The summed E-state index contributed by atoms with van der Waals surface area (Å²) in [7, 11) is 0. The van der Waals surface area contributed by atoms with Gasteiger partial charge in [-0.15, -0.1) is 0 Å². The van der Waals surface area contributed by atoms with E-state index in [2.05, 4.69) is 5.32 Å². The zero-order chi connectivity index (χ0) is 19.7. The fourth-order valence-electron chi connectivity index (χ4n) is 2.74. The molecule has 0 aliphatic rings. The summed E-state index contributed by atoms with van der Waals surface area (Å²) in [5, 5.41) is 29.9. The number of anilines is 1. The molecule has 0 amide bonds. The van der Waals surface area contributed by atoms with Gasteiger partial charge in [0.15, 0.2) is 0 Å². The van der Waals surface area contributed by atoms with Crippen LogP contribution in [0.3, 0.4) is 0 Å². The quantitative estimate of drug-likeness (QED) is 0.259. The highest BCUT2D eigenvalue weighted by molar-refractivity contribution is 5.89. The molecule has 1 aromatic rings. The van der Waals surface area contributed by atoms with Crippen LogP contribution in [-0.4, -0.2) is 53.8 Å². The first-order chi connectivity index (χ1) is 13.2. The van der Waals surface area contributed by atoms with Crippen molar-refractivity contribution in [2.24, 2.45) is 0 Å². The number of carbonyl (C=O) groups is 1. The highest BCUT2D eigenvalue weighted by Gasteiger charge is 2.10. The normalized spacial score (nSPS) is 12.0. The van der Waals surface area contributed by atoms with Crippen LogP contribution in [0.5, 0.6) is 0 Å². The van der Waals surface area contributed by atoms with E-state index in [1.807, 2.05) is 12.1 Å². The number of hydrogen-bond acceptors (Lipinski definition) is 6. The molecule has 0 saturated carbocycles. The average molecular weight is 382 g/mol. The molecule has 6 heteroatoms. The van der Waals surface area contributed by atoms with Gasteiger partial charge in [0, 0.05) is 18.8 Å². The van der Waals surface area contributed by atoms with Crippen molar-refractivity contribution in [2.45, 2.75) is 63.9 Å². The van der Waals surface area contributed by atoms with Crippen LogP contribution < -0.4 is 5.32 Å². The summed E-state index contributed by atoms with van der Waals surface area (Å²) in [5.74, 6) is -0.509. The second kappa shape index (κ2) is 15.4. The number of rotatable bonds is 16. The van der Waals surface area contributed by atoms with Gasteiger partial charge in [-0.05, 0) is 37.1 Å². The lowest BCUT2D eigenvalue weighted by Gasteiger charge is -2.10. The number of unbranched alkanes of at least 4 members (excludes halogenated alkanes) is 8. The summed E-state index contributed by atoms with van der Waals surface area (Å²) in [5.41, 5.74) is 1.38. The summed E-state index contributed by atoms with van der Waals surface area (Å²) in [4.78, 5) is 11.8. The Labute approximate surface area is 162 Å². The summed E-state index contributed by atoms with van der Waals surface area (Å²) >= 11 is 0. The van der Waals surface area contributed by atoms with E-state index < -0.39 is 18.7 Å². The Bertz CT molecular complexity index is 492. The first kappa shape index (κ1) is 23.4. The lowest BCUT2D eigenvalue weighted by Crippen LogP contribution is -2.21. The van der Waals surface area contributed by atoms with Gasteiger partial charge in [-0.1, -0.05) is 44.9 Å². The van der Waals surface area contributed by atoms with E-state index in [0.717, 1.165) is 31.5 Å². The molecular formula is C21H35NO5. The van der Waals surface area contributed by atoms with E-state index in [4.69, 9.17) is 14.9 Å². The van der Waals surface area contributed by atoms with E-state index >= 15 is 0 Å². The molecule has 0 aromatic heterocycles. The minimum atomic E-state index is -1.04. The van der Waals surface area contributed by atoms with Crippen LogP contribution in [0.2, 0.25) is 0 Å². The second-order valence-corrected chi connectivity index (χ2v) is 6.84. The Hall–Kier alpha value is -1.63. The van der Waals surface area contributed by atoms with Gasteiger partial charge < -0.3 is 25.4 Å². The van der Waals surface area contributed by atoms with Gasteiger partial charge in [-0.3, -0.25) is 0 Å². The number of esters is 1. The van der Waals surface area contributed by atoms with Crippen molar-refractivity contribution in [3.8, 4) is 0 Å². The van der Waals surface area contributed by atoms with Crippen molar-refractivity contribution in [1.29, 1.82) is 0 Å². The topological polar surface area (TPSA) is 99.0 Å². The maximum Gasteiger partial charge on any atom is 0.338 e. The fraction of sp³-hybridized carbons (Fsp3) is 0.667. The molecule has 27 heavy (non-hydrogen) atoms. The minimum absolute atomic E-state index is 0.210. The van der Waals surface area contributed by atoms with Gasteiger partial charge in [-0.2, -0.15) is 0 Å². The van der Waals surface area contributed by atoms with E-state index in [1.165, 1.54) is 38.5 Å². The van der Waals surface area contributed by atoms with Crippen LogP contribution in [0.4, 0.5) is 5.69 Å². The highest BCUT2D eigenvalue weighted by Crippen LogP contribution is 2.12. The summed E-state index contributed by atoms with van der Waals surface area (Å²) < 4.78 is 4.91. The number of ether oxygens (including phenoxy) is 1. The van der Waals surface area contributed by atoms with Crippen LogP contribution in [-0.2, 0) is 4.74 Å². The van der Waals surface area contributed by atoms with Crippen LogP contribution in [0.1, 0.15) is 68.1 Å². The maximum atomic E-state index is 11.8. The molecular weight excluding hydrogens is 346 g/mol. The Kier molecular flexibility index (Phi) is 13.4. The third-order valence-electron chi connectivity index (χ3n) is 4.40. The Balaban J connectivity index is 2.06. The Morgan fingerprint density at radius 1 is 0.889 bits per heavy atom. The van der Waals surface area contributed by atoms with Gasteiger partial charge in [-0.25, -0.2) is 4.79 Å². The summed E-state index contributed by atoms with van der Waals surface area (Å²) in [6, 6.07) is 7.05. The van der Waals surface area contributed by atoms with Gasteiger partial charge in [0.25, 0.3) is 0 Å². The van der Waals surface area contributed by atoms with Gasteiger partial charge in [0.1, 0.15) is 12.7 Å². The monoisotopic (exact) mass is 381 g/mol. The molecule has 0 bridgehead atoms. The largest absolute Gasteiger partial charge is 0.459 e. The minimum Gasteiger partial charge on any atom is -0.459 e. The zero-order valence-electron chi connectivity index (χ0n) is 16.2. The first-order valence-electron chi connectivity index (χ1n) is 10.1. The molecule has 1 rings (SSSR count). The third-order valence-corrected chi connectivity index (χ3v) is 4.40. The van der Waals surface area contributed by atoms with Crippen molar-refractivity contribution in [2.75, 3.05) is 31.7 Å². The molecule has 154 valence electrons. The molecule has 0 fully saturated rings. The van der Waals surface area contributed by atoms with E-state index in [0.29, 0.717) is 12.2 Å². The van der Waals surface area contributed by atoms with Gasteiger partial charge in [0.05, 0.1) is 12.2 Å². The SMILES string of the molecule is O=C(OCC(O)CO)c1ccc(NCCCCCCCCCCCO)cc1. The Morgan fingerprint density at radius 2 is 1.44 bits per heavy atom. The third kappa shape index (κ3) is 11.6. The van der Waals surface area contributed by atoms with E-state index in [1.54, 1.807) is 12.1 Å². The number of nitrogens with one attached hydrogen (secondary N) is 1. The van der Waals surface area contributed by atoms with Crippen LogP contribution in [0.25, 0.3) is 0 Å². The van der Waals surface area contributed by atoms with E-state index in [9.17, 15) is 9.90 Å². The molecule has 0 saturated heterocycles. The number of benzene rings is 1. The first-order valence-corrected chi connectivity index (χ1v) is 10.1. The molecule has 0 radical (unpaired) electrons. The van der Waals surface area contributed by atoms with Crippen LogP contribution >= 0.6 is 0 Å². The average Bonchev–Trinajstić information content (AvgIpc) is 2.70. The maximum absolute atomic E-state index is 11.8. The molecule has 0 aliphatic heterocycles. The predicted octanol–water partition coefficient (Wildman–Crippen LogP) is 3.11. The van der Waals surface area contributed by atoms with Crippen molar-refractivity contribution in [1.82, 2.24) is 0 Å². The number of aliphatic hydroxyl groups excluding tert-OH is 3. The van der Waals surface area contributed by atoms with Gasteiger partial charge in [0.2, 0.25) is 0 Å². The number of hydrogen-bond donors (Lipinski definition) is 4. The van der Waals surface area contributed by atoms with Crippen LogP contribution in [0, 0.1) is 0 Å². The smallest absolute Gasteiger partial charge is 0.338 e. The summed E-state index contributed by atoms with van der Waals surface area (Å²) in [6.07, 6.45) is 9.68. The molecule has 0 spiro atoms. The standard InChI is InChI=1S/C21H35NO5/c23-15-9-7-5-3-1-2-4-6-8-14-22-19-12-10-18(11-13-19)21(26)27-17-20(25)16-24/h10-13,20,22-25H,1-9,14-17H2. The molecule has 1 unspecified atom stereocenters. The fourth-order valence-corrected chi connectivity index (χ4v) is 2.74. The van der Waals surface area contributed by atoms with Crippen LogP contribution in [0.15, 0.2) is 24.3 Å². The van der Waals surface area contributed by atoms with Crippen molar-refractivity contribution < 1.29 is 24.9 Å². The van der Waals surface area contributed by atoms with Gasteiger partial charge >= 0.3 is 5.97 Å². The van der Waals surface area contributed by atoms with E-state index in [-0.39, 0.29) is 6.61 Å². The molecule has 4 N–H and O–H groups in total. The lowest BCUT2D eigenvalue weighted by atomic mass is 10.1. The number of aliphatic hydroxyl groups is 3. The molecule has 0 heterocycles. The number of carbonyl (C=O) groups excluding carboxylic acids is 1. The molecule has 1 atom stereocenters. The zero-order valence-corrected chi connectivity index (χ0v) is 16.2. The second-order valence-electron chi connectivity index (χ2n) is 6.84. The highest BCUT2D eigenvalue weighted by atomic mass is 16.5.